The van der Waals surface area contributed by atoms with Gasteiger partial charge in [0.25, 0.3) is 0 Å². The SMILES string of the molecule is CCCC/C(CC)=C1\c2ccc(C)cc2CCc2cccnc21. The molecule has 1 nitrogen and oxygen atoms in total. The molecule has 23 heavy (non-hydrogen) atoms. The van der Waals surface area contributed by atoms with Crippen LogP contribution in [0.2, 0.25) is 0 Å². The Labute approximate surface area is 140 Å². The van der Waals surface area contributed by atoms with Gasteiger partial charge in [-0.15, -0.1) is 0 Å². The minimum Gasteiger partial charge on any atom is -0.256 e. The van der Waals surface area contributed by atoms with E-state index in [1.165, 1.54) is 52.8 Å². The molecule has 0 aliphatic heterocycles. The summed E-state index contributed by atoms with van der Waals surface area (Å²) in [6.45, 7) is 6.76. The number of hydrogen-bond acceptors (Lipinski definition) is 1. The number of benzene rings is 1. The summed E-state index contributed by atoms with van der Waals surface area (Å²) in [5.41, 5.74) is 9.87. The Morgan fingerprint density at radius 2 is 1.91 bits per heavy atom. The first-order valence-corrected chi connectivity index (χ1v) is 9.00. The summed E-state index contributed by atoms with van der Waals surface area (Å²) in [7, 11) is 0. The highest BCUT2D eigenvalue weighted by Crippen LogP contribution is 2.37. The van der Waals surface area contributed by atoms with Crippen molar-refractivity contribution in [1.82, 2.24) is 4.98 Å². The van der Waals surface area contributed by atoms with Crippen LogP contribution in [0.15, 0.2) is 42.1 Å². The first-order chi connectivity index (χ1) is 11.2. The number of nitrogens with zero attached hydrogens (tertiary/aromatic N) is 1. The lowest BCUT2D eigenvalue weighted by Crippen LogP contribution is -2.00. The predicted octanol–water partition coefficient (Wildman–Crippen LogP) is 5.89. The number of aromatic nitrogens is 1. The second-order valence-electron chi connectivity index (χ2n) is 6.61. The standard InChI is InChI=1S/C22H27N/c1-4-6-8-17(5-2)21-20-13-10-16(3)15-19(20)12-11-18-9-7-14-23-22(18)21/h7,9-10,13-15H,4-6,8,11-12H2,1-3H3/b21-17+. The van der Waals surface area contributed by atoms with Gasteiger partial charge in [0.2, 0.25) is 0 Å². The molecule has 0 atom stereocenters. The topological polar surface area (TPSA) is 12.9 Å². The molecule has 0 bridgehead atoms. The van der Waals surface area contributed by atoms with Crippen LogP contribution < -0.4 is 0 Å². The Balaban J connectivity index is 2.24. The zero-order valence-corrected chi connectivity index (χ0v) is 14.7. The summed E-state index contributed by atoms with van der Waals surface area (Å²) in [6.07, 6.45) is 8.95. The van der Waals surface area contributed by atoms with E-state index in [1.54, 1.807) is 5.57 Å². The number of pyridine rings is 1. The van der Waals surface area contributed by atoms with Gasteiger partial charge in [0.05, 0.1) is 5.69 Å². The Bertz CT molecular complexity index is 725. The van der Waals surface area contributed by atoms with E-state index in [-0.39, 0.29) is 0 Å². The first-order valence-electron chi connectivity index (χ1n) is 9.00. The van der Waals surface area contributed by atoms with Gasteiger partial charge in [0.1, 0.15) is 0 Å². The van der Waals surface area contributed by atoms with Gasteiger partial charge in [0, 0.05) is 11.8 Å². The van der Waals surface area contributed by atoms with E-state index in [0.29, 0.717) is 0 Å². The van der Waals surface area contributed by atoms with Crippen LogP contribution in [0, 0.1) is 6.92 Å². The van der Waals surface area contributed by atoms with Gasteiger partial charge in [-0.3, -0.25) is 4.98 Å². The lowest BCUT2D eigenvalue weighted by atomic mass is 9.89. The van der Waals surface area contributed by atoms with Crippen molar-refractivity contribution in [2.75, 3.05) is 0 Å². The van der Waals surface area contributed by atoms with Gasteiger partial charge < -0.3 is 0 Å². The van der Waals surface area contributed by atoms with Crippen LogP contribution >= 0.6 is 0 Å². The number of allylic oxidation sites excluding steroid dienone is 1. The van der Waals surface area contributed by atoms with Crippen molar-refractivity contribution >= 4 is 5.57 Å². The van der Waals surface area contributed by atoms with E-state index < -0.39 is 0 Å². The lowest BCUT2D eigenvalue weighted by molar-refractivity contribution is 0.767. The highest BCUT2D eigenvalue weighted by Gasteiger charge is 2.21. The van der Waals surface area contributed by atoms with E-state index in [0.717, 1.165) is 19.3 Å². The van der Waals surface area contributed by atoms with E-state index in [1.807, 2.05) is 6.20 Å². The third-order valence-electron chi connectivity index (χ3n) is 4.93. The molecule has 1 aliphatic carbocycles. The molecule has 0 amide bonds. The Morgan fingerprint density at radius 1 is 1.09 bits per heavy atom. The fraction of sp³-hybridized carbons (Fsp3) is 0.409. The maximum atomic E-state index is 4.80. The second kappa shape index (κ2) is 7.12. The molecule has 1 aromatic carbocycles. The largest absolute Gasteiger partial charge is 0.256 e. The summed E-state index contributed by atoms with van der Waals surface area (Å²) >= 11 is 0. The van der Waals surface area contributed by atoms with Crippen LogP contribution in [0.1, 0.15) is 67.5 Å². The van der Waals surface area contributed by atoms with Crippen LogP contribution in [-0.2, 0) is 12.8 Å². The summed E-state index contributed by atoms with van der Waals surface area (Å²) < 4.78 is 0. The van der Waals surface area contributed by atoms with Crippen LogP contribution in [0.25, 0.3) is 5.57 Å². The van der Waals surface area contributed by atoms with Gasteiger partial charge in [-0.1, -0.05) is 55.7 Å². The van der Waals surface area contributed by atoms with Crippen molar-refractivity contribution in [3.63, 3.8) is 0 Å². The molecule has 1 heterocycles. The van der Waals surface area contributed by atoms with E-state index in [2.05, 4.69) is 51.1 Å². The molecular weight excluding hydrogens is 278 g/mol. The minimum atomic E-state index is 1.09. The number of fused-ring (bicyclic) bond motifs is 2. The summed E-state index contributed by atoms with van der Waals surface area (Å²) in [6, 6.07) is 11.3. The predicted molar refractivity (Wildman–Crippen MR) is 98.7 cm³/mol. The third-order valence-corrected chi connectivity index (χ3v) is 4.93. The normalized spacial score (nSPS) is 15.6. The Hall–Kier alpha value is -1.89. The highest BCUT2D eigenvalue weighted by molar-refractivity contribution is 5.84. The number of rotatable bonds is 4. The first kappa shape index (κ1) is 16.0. The minimum absolute atomic E-state index is 1.09. The van der Waals surface area contributed by atoms with Crippen LogP contribution in [0.5, 0.6) is 0 Å². The maximum absolute atomic E-state index is 4.80. The van der Waals surface area contributed by atoms with Crippen molar-refractivity contribution < 1.29 is 0 Å². The molecule has 1 aromatic heterocycles. The number of unbranched alkanes of at least 4 members (excludes halogenated alkanes) is 1. The fourth-order valence-corrected chi connectivity index (χ4v) is 3.66. The maximum Gasteiger partial charge on any atom is 0.0739 e. The monoisotopic (exact) mass is 305 g/mol. The Kier molecular flexibility index (Phi) is 4.95. The molecule has 3 rings (SSSR count). The fourth-order valence-electron chi connectivity index (χ4n) is 3.66. The Morgan fingerprint density at radius 3 is 2.70 bits per heavy atom. The molecule has 0 unspecified atom stereocenters. The zero-order chi connectivity index (χ0) is 16.2. The second-order valence-corrected chi connectivity index (χ2v) is 6.61. The van der Waals surface area contributed by atoms with Gasteiger partial charge in [-0.2, -0.15) is 0 Å². The molecule has 2 aromatic rings. The van der Waals surface area contributed by atoms with E-state index in [9.17, 15) is 0 Å². The third kappa shape index (κ3) is 3.24. The zero-order valence-electron chi connectivity index (χ0n) is 14.7. The highest BCUT2D eigenvalue weighted by atomic mass is 14.7. The lowest BCUT2D eigenvalue weighted by Gasteiger charge is -2.17. The molecule has 0 spiro atoms. The molecule has 0 fully saturated rings. The van der Waals surface area contributed by atoms with Crippen LogP contribution in [0.3, 0.4) is 0 Å². The van der Waals surface area contributed by atoms with Gasteiger partial charge >= 0.3 is 0 Å². The van der Waals surface area contributed by atoms with Crippen molar-refractivity contribution in [2.24, 2.45) is 0 Å². The van der Waals surface area contributed by atoms with Gasteiger partial charge in [-0.05, 0) is 61.8 Å². The summed E-state index contributed by atoms with van der Waals surface area (Å²) in [4.78, 5) is 4.80. The van der Waals surface area contributed by atoms with Gasteiger partial charge in [-0.25, -0.2) is 0 Å². The smallest absolute Gasteiger partial charge is 0.0739 e. The number of aryl methyl sites for hydroxylation is 3. The van der Waals surface area contributed by atoms with Crippen LogP contribution in [0.4, 0.5) is 0 Å². The molecule has 0 saturated heterocycles. The van der Waals surface area contributed by atoms with Crippen molar-refractivity contribution in [2.45, 2.75) is 59.3 Å². The van der Waals surface area contributed by atoms with Gasteiger partial charge in [0.15, 0.2) is 0 Å². The van der Waals surface area contributed by atoms with E-state index >= 15 is 0 Å². The average Bonchev–Trinajstić information content (AvgIpc) is 2.73. The molecule has 0 N–H and O–H groups in total. The average molecular weight is 305 g/mol. The molecular formula is C22H27N. The molecule has 1 heteroatoms. The van der Waals surface area contributed by atoms with E-state index in [4.69, 9.17) is 4.98 Å². The van der Waals surface area contributed by atoms with Crippen LogP contribution in [-0.4, -0.2) is 4.98 Å². The molecule has 1 aliphatic rings. The summed E-state index contributed by atoms with van der Waals surface area (Å²) in [5.74, 6) is 0. The quantitative estimate of drug-likeness (QED) is 0.686. The van der Waals surface area contributed by atoms with Crippen molar-refractivity contribution in [3.05, 3.63) is 70.0 Å². The number of hydrogen-bond donors (Lipinski definition) is 0. The molecule has 120 valence electrons. The molecule has 0 radical (unpaired) electrons. The summed E-state index contributed by atoms with van der Waals surface area (Å²) in [5, 5.41) is 0. The molecule has 0 saturated carbocycles. The van der Waals surface area contributed by atoms with Crippen molar-refractivity contribution in [1.29, 1.82) is 0 Å². The van der Waals surface area contributed by atoms with Crippen molar-refractivity contribution in [3.8, 4) is 0 Å².